The van der Waals surface area contributed by atoms with Crippen molar-refractivity contribution in [2.75, 3.05) is 0 Å². The first kappa shape index (κ1) is 25.7. The fraction of sp³-hybridized carbons (Fsp3) is 0.281. The van der Waals surface area contributed by atoms with E-state index >= 15 is 0 Å². The van der Waals surface area contributed by atoms with Gasteiger partial charge in [-0.1, -0.05) is 81.3 Å². The standard InChI is InChI=1S/C32H29F2N/c1-2-3-4-5-6-7-8-9-25-10-12-26(13-11-25)16-19-29-22-31(33)30(32(34)23-29)21-20-27-14-17-28(24-35)18-15-27/h10-15,17-18,22-23H,2-9H2,1H3. The number of nitriles is 1. The van der Waals surface area contributed by atoms with E-state index in [0.717, 1.165) is 12.0 Å². The van der Waals surface area contributed by atoms with Gasteiger partial charge < -0.3 is 0 Å². The number of hydrogen-bond donors (Lipinski definition) is 0. The van der Waals surface area contributed by atoms with Gasteiger partial charge in [-0.05, 0) is 66.9 Å². The molecule has 0 heterocycles. The topological polar surface area (TPSA) is 23.8 Å². The van der Waals surface area contributed by atoms with Gasteiger partial charge in [0.15, 0.2) is 0 Å². The van der Waals surface area contributed by atoms with Crippen molar-refractivity contribution in [3.63, 3.8) is 0 Å². The Kier molecular flexibility index (Phi) is 10.1. The molecule has 0 N–H and O–H groups in total. The zero-order valence-electron chi connectivity index (χ0n) is 20.1. The van der Waals surface area contributed by atoms with Gasteiger partial charge in [0.25, 0.3) is 0 Å². The normalized spacial score (nSPS) is 10.0. The van der Waals surface area contributed by atoms with E-state index < -0.39 is 11.6 Å². The number of nitrogens with zero attached hydrogens (tertiary/aromatic N) is 1. The van der Waals surface area contributed by atoms with Gasteiger partial charge in [-0.15, -0.1) is 0 Å². The van der Waals surface area contributed by atoms with Gasteiger partial charge in [0.1, 0.15) is 11.6 Å². The van der Waals surface area contributed by atoms with Crippen LogP contribution in [-0.2, 0) is 6.42 Å². The fourth-order valence-electron chi connectivity index (χ4n) is 3.71. The first-order valence-corrected chi connectivity index (χ1v) is 12.2. The molecule has 0 saturated carbocycles. The third-order valence-electron chi connectivity index (χ3n) is 5.76. The minimum Gasteiger partial charge on any atom is -0.205 e. The largest absolute Gasteiger partial charge is 0.205 e. The maximum atomic E-state index is 14.5. The van der Waals surface area contributed by atoms with Crippen LogP contribution in [0.2, 0.25) is 0 Å². The van der Waals surface area contributed by atoms with Crippen LogP contribution in [0, 0.1) is 46.6 Å². The van der Waals surface area contributed by atoms with Crippen LogP contribution in [0.25, 0.3) is 0 Å². The molecule has 0 aliphatic rings. The Morgan fingerprint density at radius 3 is 1.69 bits per heavy atom. The second-order valence-electron chi connectivity index (χ2n) is 8.57. The molecule has 0 aliphatic heterocycles. The van der Waals surface area contributed by atoms with Crippen LogP contribution < -0.4 is 0 Å². The van der Waals surface area contributed by atoms with Crippen LogP contribution in [0.3, 0.4) is 0 Å². The molecule has 35 heavy (non-hydrogen) atoms. The van der Waals surface area contributed by atoms with Crippen molar-refractivity contribution >= 4 is 0 Å². The van der Waals surface area contributed by atoms with E-state index in [-0.39, 0.29) is 11.1 Å². The predicted octanol–water partition coefficient (Wildman–Crippen LogP) is 7.93. The number of benzene rings is 3. The van der Waals surface area contributed by atoms with Crippen LogP contribution in [0.15, 0.2) is 60.7 Å². The summed E-state index contributed by atoms with van der Waals surface area (Å²) in [4.78, 5) is 0. The lowest BCUT2D eigenvalue weighted by molar-refractivity contribution is 0.577. The second kappa shape index (κ2) is 13.7. The zero-order chi connectivity index (χ0) is 24.9. The highest BCUT2D eigenvalue weighted by molar-refractivity contribution is 5.50. The highest BCUT2D eigenvalue weighted by atomic mass is 19.1. The quantitative estimate of drug-likeness (QED) is 0.245. The van der Waals surface area contributed by atoms with Gasteiger partial charge in [0.2, 0.25) is 0 Å². The highest BCUT2D eigenvalue weighted by Crippen LogP contribution is 2.15. The van der Waals surface area contributed by atoms with Crippen molar-refractivity contribution in [3.05, 3.63) is 106 Å². The summed E-state index contributed by atoms with van der Waals surface area (Å²) in [6.45, 7) is 2.23. The van der Waals surface area contributed by atoms with E-state index in [9.17, 15) is 8.78 Å². The van der Waals surface area contributed by atoms with E-state index in [1.807, 2.05) is 18.2 Å². The molecule has 0 bridgehead atoms. The maximum absolute atomic E-state index is 14.5. The van der Waals surface area contributed by atoms with Crippen molar-refractivity contribution in [2.45, 2.75) is 58.3 Å². The van der Waals surface area contributed by atoms with Crippen LogP contribution in [0.5, 0.6) is 0 Å². The Balaban J connectivity index is 1.58. The average molecular weight is 466 g/mol. The van der Waals surface area contributed by atoms with E-state index in [1.165, 1.54) is 62.6 Å². The van der Waals surface area contributed by atoms with Gasteiger partial charge >= 0.3 is 0 Å². The molecule has 0 atom stereocenters. The molecule has 0 radical (unpaired) electrons. The van der Waals surface area contributed by atoms with Crippen LogP contribution in [-0.4, -0.2) is 0 Å². The lowest BCUT2D eigenvalue weighted by atomic mass is 10.0. The average Bonchev–Trinajstić information content (AvgIpc) is 2.87. The summed E-state index contributed by atoms with van der Waals surface area (Å²) in [6.07, 6.45) is 10.1. The van der Waals surface area contributed by atoms with Gasteiger partial charge in [-0.25, -0.2) is 8.78 Å². The highest BCUT2D eigenvalue weighted by Gasteiger charge is 2.08. The summed E-state index contributed by atoms with van der Waals surface area (Å²) in [5.41, 5.74) is 3.12. The van der Waals surface area contributed by atoms with Gasteiger partial charge in [0, 0.05) is 16.7 Å². The number of unbranched alkanes of at least 4 members (excludes halogenated alkanes) is 6. The monoisotopic (exact) mass is 465 g/mol. The summed E-state index contributed by atoms with van der Waals surface area (Å²) in [6, 6.07) is 19.0. The third-order valence-corrected chi connectivity index (χ3v) is 5.76. The number of halogens is 2. The van der Waals surface area contributed by atoms with Gasteiger partial charge in [-0.2, -0.15) is 5.26 Å². The lowest BCUT2D eigenvalue weighted by Crippen LogP contribution is -1.92. The second-order valence-corrected chi connectivity index (χ2v) is 8.57. The van der Waals surface area contributed by atoms with Crippen molar-refractivity contribution in [3.8, 4) is 29.8 Å². The molecule has 0 amide bonds. The molecule has 176 valence electrons. The SMILES string of the molecule is CCCCCCCCCc1ccc(C#Cc2cc(F)c(C#Cc3ccc(C#N)cc3)c(F)c2)cc1. The summed E-state index contributed by atoms with van der Waals surface area (Å²) in [7, 11) is 0. The van der Waals surface area contributed by atoms with Crippen molar-refractivity contribution in [1.29, 1.82) is 5.26 Å². The van der Waals surface area contributed by atoms with Gasteiger partial charge in [0.05, 0.1) is 17.2 Å². The minimum atomic E-state index is -0.750. The van der Waals surface area contributed by atoms with Crippen molar-refractivity contribution < 1.29 is 8.78 Å². The molecule has 0 fully saturated rings. The van der Waals surface area contributed by atoms with E-state index in [4.69, 9.17) is 5.26 Å². The summed E-state index contributed by atoms with van der Waals surface area (Å²) in [5, 5.41) is 8.84. The van der Waals surface area contributed by atoms with Crippen LogP contribution >= 0.6 is 0 Å². The van der Waals surface area contributed by atoms with Crippen molar-refractivity contribution in [2.24, 2.45) is 0 Å². The molecular formula is C32H29F2N. The molecule has 3 rings (SSSR count). The molecule has 1 nitrogen and oxygen atoms in total. The zero-order valence-corrected chi connectivity index (χ0v) is 20.1. The number of aryl methyl sites for hydroxylation is 1. The Labute approximate surface area is 207 Å². The molecule has 3 aromatic rings. The summed E-state index contributed by atoms with van der Waals surface area (Å²) >= 11 is 0. The van der Waals surface area contributed by atoms with E-state index in [2.05, 4.69) is 42.7 Å². The Morgan fingerprint density at radius 2 is 1.09 bits per heavy atom. The third kappa shape index (κ3) is 8.45. The maximum Gasteiger partial charge on any atom is 0.143 e. The Bertz CT molecular complexity index is 1250. The number of hydrogen-bond acceptors (Lipinski definition) is 1. The fourth-order valence-corrected chi connectivity index (χ4v) is 3.71. The minimum absolute atomic E-state index is 0.260. The van der Waals surface area contributed by atoms with E-state index in [1.54, 1.807) is 24.3 Å². The molecule has 0 spiro atoms. The van der Waals surface area contributed by atoms with E-state index in [0.29, 0.717) is 11.1 Å². The summed E-state index contributed by atoms with van der Waals surface area (Å²) < 4.78 is 29.0. The molecule has 0 aromatic heterocycles. The van der Waals surface area contributed by atoms with Gasteiger partial charge in [-0.3, -0.25) is 0 Å². The first-order chi connectivity index (χ1) is 17.1. The van der Waals surface area contributed by atoms with Crippen LogP contribution in [0.1, 0.15) is 85.3 Å². The first-order valence-electron chi connectivity index (χ1n) is 12.2. The molecule has 3 aromatic carbocycles. The Hall–Kier alpha value is -3.87. The molecule has 0 aliphatic carbocycles. The molecule has 3 heteroatoms. The molecular weight excluding hydrogens is 436 g/mol. The predicted molar refractivity (Wildman–Crippen MR) is 138 cm³/mol. The number of rotatable bonds is 8. The molecule has 0 saturated heterocycles. The lowest BCUT2D eigenvalue weighted by Gasteiger charge is -2.03. The summed E-state index contributed by atoms with van der Waals surface area (Å²) in [5.74, 6) is 9.60. The molecule has 0 unspecified atom stereocenters. The Morgan fingerprint density at radius 1 is 0.600 bits per heavy atom. The smallest absolute Gasteiger partial charge is 0.143 e. The van der Waals surface area contributed by atoms with Crippen molar-refractivity contribution in [1.82, 2.24) is 0 Å². The van der Waals surface area contributed by atoms with Crippen LogP contribution in [0.4, 0.5) is 8.78 Å².